The maximum atomic E-state index is 5.56. The van der Waals surface area contributed by atoms with Gasteiger partial charge in [-0.15, -0.1) is 0 Å². The molecule has 4 heterocycles. The number of hydrogen-bond donors (Lipinski definition) is 0. The zero-order chi connectivity index (χ0) is 59.0. The molecule has 0 amide bonds. The van der Waals surface area contributed by atoms with E-state index in [4.69, 9.17) is 19.9 Å². The van der Waals surface area contributed by atoms with Crippen LogP contribution in [0.3, 0.4) is 0 Å². The Hall–Kier alpha value is -11.5. The van der Waals surface area contributed by atoms with Crippen molar-refractivity contribution < 1.29 is 0 Å². The molecule has 8 heteroatoms. The van der Waals surface area contributed by atoms with Crippen LogP contribution in [0.1, 0.15) is 22.3 Å². The number of pyridine rings is 4. The van der Waals surface area contributed by atoms with Gasteiger partial charge < -0.3 is 0 Å². The van der Waals surface area contributed by atoms with E-state index in [2.05, 4.69) is 326 Å². The molecule has 0 aliphatic heterocycles. The van der Waals surface area contributed by atoms with Crippen LogP contribution in [-0.2, 0) is 0 Å². The molecule has 88 heavy (non-hydrogen) atoms. The highest BCUT2D eigenvalue weighted by atomic mass is 15.2. The second-order valence-electron chi connectivity index (χ2n) is 22.8. The molecule has 0 fully saturated rings. The smallest absolute Gasteiger partial charge is 0.138 e. The molecule has 0 saturated heterocycles. The quantitative estimate of drug-likeness (QED) is 0.112. The van der Waals surface area contributed by atoms with Crippen LogP contribution < -0.4 is 19.6 Å². The topological polar surface area (TPSA) is 64.5 Å². The number of nitrogens with zero attached hydrogens (tertiary/aromatic N) is 8. The van der Waals surface area contributed by atoms with Crippen LogP contribution in [0.4, 0.5) is 68.8 Å². The summed E-state index contributed by atoms with van der Waals surface area (Å²) in [6, 6.07) is 99.7. The third-order valence-electron chi connectivity index (χ3n) is 17.5. The predicted molar refractivity (Wildman–Crippen MR) is 369 cm³/mol. The Balaban J connectivity index is 1.11. The lowest BCUT2D eigenvalue weighted by atomic mass is 9.89. The summed E-state index contributed by atoms with van der Waals surface area (Å²) in [6.07, 6.45) is 0. The minimum absolute atomic E-state index is 0.794. The number of fused-ring (bicyclic) bond motifs is 4. The molecule has 0 unspecified atom stereocenters. The molecular weight excluding hydrogens is 1070 g/mol. The van der Waals surface area contributed by atoms with E-state index < -0.39 is 0 Å². The molecule has 16 aromatic rings. The fraction of sp³-hybridized carbons (Fsp3) is 0.0500. The molecule has 0 aliphatic rings. The van der Waals surface area contributed by atoms with Crippen LogP contribution in [0.2, 0.25) is 0 Å². The van der Waals surface area contributed by atoms with E-state index in [1.807, 2.05) is 0 Å². The second-order valence-corrected chi connectivity index (χ2v) is 22.8. The van der Waals surface area contributed by atoms with Crippen LogP contribution in [0, 0.1) is 27.7 Å². The SMILES string of the molecule is Cc1ccccc1N(c1ccc2ccccc2n1)c1cc(N(c2ccc3ccccc3n2)c2ccccc2C)c2ccc3c(N(c4ccc5ccccc5n4)c4ccccc4C)cc(N(c4ccc5ccccc5n4)c4ccccc4C)c4ccc1c2c43. The normalized spacial score (nSPS) is 11.6. The van der Waals surface area contributed by atoms with Gasteiger partial charge in [-0.2, -0.15) is 0 Å². The highest BCUT2D eigenvalue weighted by Gasteiger charge is 2.31. The maximum Gasteiger partial charge on any atom is 0.138 e. The van der Waals surface area contributed by atoms with Gasteiger partial charge in [0.25, 0.3) is 0 Å². The van der Waals surface area contributed by atoms with Crippen molar-refractivity contribution in [1.82, 2.24) is 19.9 Å². The van der Waals surface area contributed by atoms with Crippen molar-refractivity contribution in [2.24, 2.45) is 0 Å². The second kappa shape index (κ2) is 21.2. The van der Waals surface area contributed by atoms with E-state index in [0.29, 0.717) is 0 Å². The Morgan fingerprint density at radius 3 is 0.659 bits per heavy atom. The van der Waals surface area contributed by atoms with Crippen molar-refractivity contribution in [1.29, 1.82) is 0 Å². The summed E-state index contributed by atoms with van der Waals surface area (Å²) in [5, 5.41) is 10.6. The van der Waals surface area contributed by atoms with Gasteiger partial charge in [-0.3, -0.25) is 19.6 Å². The van der Waals surface area contributed by atoms with Crippen molar-refractivity contribution in [2.45, 2.75) is 27.7 Å². The summed E-state index contributed by atoms with van der Waals surface area (Å²) in [5.74, 6) is 3.18. The molecule has 0 aliphatic carbocycles. The fourth-order valence-electron chi connectivity index (χ4n) is 13.1. The molecule has 16 rings (SSSR count). The van der Waals surface area contributed by atoms with Crippen LogP contribution in [-0.4, -0.2) is 19.9 Å². The lowest BCUT2D eigenvalue weighted by Crippen LogP contribution is -2.18. The Labute approximate surface area is 510 Å². The van der Waals surface area contributed by atoms with Crippen LogP contribution >= 0.6 is 0 Å². The van der Waals surface area contributed by atoms with Crippen molar-refractivity contribution in [2.75, 3.05) is 19.6 Å². The summed E-state index contributed by atoms with van der Waals surface area (Å²) in [4.78, 5) is 31.7. The van der Waals surface area contributed by atoms with Crippen molar-refractivity contribution in [3.8, 4) is 0 Å². The minimum atomic E-state index is 0.794. The monoisotopic (exact) mass is 1130 g/mol. The average molecular weight is 1130 g/mol. The minimum Gasteiger partial charge on any atom is -0.294 e. The van der Waals surface area contributed by atoms with Gasteiger partial charge >= 0.3 is 0 Å². The van der Waals surface area contributed by atoms with E-state index in [1.165, 1.54) is 0 Å². The Morgan fingerprint density at radius 2 is 0.420 bits per heavy atom. The standard InChI is InChI=1S/C80H58N8/c1-51-21-5-17-33-67(51)85(75-45-37-55-25-9-13-29-63(55)81-75)71-49-72(86(68-34-18-6-22-52(68)2)76-46-38-56-26-10-14-30-64(56)82-76)60-43-44-62-74(88(70-36-20-8-24-54(70)4)78-48-40-58-28-12-16-32-66(58)84-78)50-73(61-42-41-59(71)79(60)80(61)62)87(69-35-19-7-23-53(69)3)77-47-39-57-27-11-15-31-65(57)83-77/h5-50H,1-4H3. The molecule has 0 radical (unpaired) electrons. The predicted octanol–water partition coefficient (Wildman–Crippen LogP) is 21.9. The highest BCUT2D eigenvalue weighted by Crippen LogP contribution is 2.55. The molecule has 12 aromatic carbocycles. The summed E-state index contributed by atoms with van der Waals surface area (Å²) in [7, 11) is 0. The molecule has 0 N–H and O–H groups in total. The van der Waals surface area contributed by atoms with E-state index in [0.717, 1.165) is 167 Å². The molecular formula is C80H58N8. The van der Waals surface area contributed by atoms with E-state index in [-0.39, 0.29) is 0 Å². The lowest BCUT2D eigenvalue weighted by molar-refractivity contribution is 1.18. The van der Waals surface area contributed by atoms with Gasteiger partial charge in [0.2, 0.25) is 0 Å². The molecule has 4 aromatic heterocycles. The number of aryl methyl sites for hydroxylation is 4. The molecule has 0 saturated carbocycles. The maximum absolute atomic E-state index is 5.56. The Morgan fingerprint density at radius 1 is 0.205 bits per heavy atom. The molecule has 0 spiro atoms. The van der Waals surface area contributed by atoms with Gasteiger partial charge in [0.05, 0.1) is 67.6 Å². The summed E-state index contributed by atoms with van der Waals surface area (Å²) in [6.45, 7) is 8.78. The van der Waals surface area contributed by atoms with Crippen molar-refractivity contribution in [3.05, 3.63) is 301 Å². The molecule has 0 atom stereocenters. The number of anilines is 12. The largest absolute Gasteiger partial charge is 0.294 e. The van der Waals surface area contributed by atoms with E-state index >= 15 is 0 Å². The van der Waals surface area contributed by atoms with Gasteiger partial charge in [0.15, 0.2) is 0 Å². The summed E-state index contributed by atoms with van der Waals surface area (Å²) >= 11 is 0. The first-order chi connectivity index (χ1) is 43.3. The lowest BCUT2D eigenvalue weighted by Gasteiger charge is -2.34. The first-order valence-corrected chi connectivity index (χ1v) is 30.0. The number of hydrogen-bond acceptors (Lipinski definition) is 8. The number of aromatic nitrogens is 4. The van der Waals surface area contributed by atoms with Gasteiger partial charge in [-0.25, -0.2) is 19.9 Å². The van der Waals surface area contributed by atoms with Gasteiger partial charge in [-0.1, -0.05) is 170 Å². The Kier molecular flexibility index (Phi) is 12.6. The number of rotatable bonds is 12. The van der Waals surface area contributed by atoms with Crippen LogP contribution in [0.15, 0.2) is 279 Å². The third kappa shape index (κ3) is 8.75. The number of benzene rings is 12. The zero-order valence-electron chi connectivity index (χ0n) is 49.1. The van der Waals surface area contributed by atoms with Gasteiger partial charge in [-0.05, 0) is 159 Å². The fourth-order valence-corrected chi connectivity index (χ4v) is 13.1. The zero-order valence-corrected chi connectivity index (χ0v) is 49.1. The van der Waals surface area contributed by atoms with E-state index in [1.54, 1.807) is 0 Å². The van der Waals surface area contributed by atoms with Crippen molar-refractivity contribution in [3.63, 3.8) is 0 Å². The van der Waals surface area contributed by atoms with E-state index in [9.17, 15) is 0 Å². The first kappa shape index (κ1) is 52.1. The first-order valence-electron chi connectivity index (χ1n) is 30.0. The highest BCUT2D eigenvalue weighted by molar-refractivity contribution is 6.33. The third-order valence-corrected chi connectivity index (χ3v) is 17.5. The molecule has 418 valence electrons. The average Bonchev–Trinajstić information content (AvgIpc) is 0.747. The summed E-state index contributed by atoms with van der Waals surface area (Å²) < 4.78 is 0. The van der Waals surface area contributed by atoms with Crippen LogP contribution in [0.5, 0.6) is 0 Å². The Bertz CT molecular complexity index is 4740. The van der Waals surface area contributed by atoms with Gasteiger partial charge in [0, 0.05) is 53.9 Å². The van der Waals surface area contributed by atoms with Crippen molar-refractivity contribution >= 4 is 145 Å². The van der Waals surface area contributed by atoms with Crippen LogP contribution in [0.25, 0.3) is 75.9 Å². The molecule has 8 nitrogen and oxygen atoms in total. The number of para-hydroxylation sites is 8. The summed E-state index contributed by atoms with van der Waals surface area (Å²) in [5.41, 5.74) is 15.9. The van der Waals surface area contributed by atoms with Gasteiger partial charge in [0.1, 0.15) is 23.3 Å². The molecule has 0 bridgehead atoms.